The number of hydrogen-bond donors (Lipinski definition) is 2. The number of amides is 1. The van der Waals surface area contributed by atoms with Gasteiger partial charge in [-0.05, 0) is 38.3 Å². The Morgan fingerprint density at radius 2 is 1.91 bits per heavy atom. The second-order valence-corrected chi connectivity index (χ2v) is 8.54. The number of methoxy groups -OCH3 is 1. The number of hydrogen-bond acceptors (Lipinski definition) is 4. The molecule has 7 nitrogen and oxygen atoms in total. The van der Waals surface area contributed by atoms with E-state index in [1.807, 2.05) is 21.0 Å². The quantitative estimate of drug-likeness (QED) is 0.187. The van der Waals surface area contributed by atoms with Crippen molar-refractivity contribution < 1.29 is 14.3 Å². The van der Waals surface area contributed by atoms with E-state index in [9.17, 15) is 4.79 Å². The van der Waals surface area contributed by atoms with E-state index in [1.54, 1.807) is 12.0 Å². The Morgan fingerprint density at radius 3 is 2.53 bits per heavy atom. The Labute approximate surface area is 210 Å². The lowest BCUT2D eigenvalue weighted by molar-refractivity contribution is -0.138. The fraction of sp³-hybridized carbons (Fsp3) is 0.667. The van der Waals surface area contributed by atoms with Crippen LogP contribution < -0.4 is 15.4 Å². The lowest BCUT2D eigenvalue weighted by Crippen LogP contribution is -2.49. The molecule has 1 aliphatic carbocycles. The number of aliphatic imine (C=N–C) groups is 1. The summed E-state index contributed by atoms with van der Waals surface area (Å²) < 4.78 is 11.1. The number of guanidine groups is 1. The molecule has 0 aromatic heterocycles. The summed E-state index contributed by atoms with van der Waals surface area (Å²) in [6.07, 6.45) is 4.89. The van der Waals surface area contributed by atoms with Crippen LogP contribution in [0.2, 0.25) is 0 Å². The second-order valence-electron chi connectivity index (χ2n) is 8.54. The van der Waals surface area contributed by atoms with Gasteiger partial charge in [0.15, 0.2) is 5.96 Å². The second kappa shape index (κ2) is 14.6. The Morgan fingerprint density at radius 1 is 1.19 bits per heavy atom. The highest BCUT2D eigenvalue weighted by atomic mass is 127. The summed E-state index contributed by atoms with van der Waals surface area (Å²) in [5.41, 5.74) is 1.86. The fourth-order valence-electron chi connectivity index (χ4n) is 4.06. The standard InChI is InChI=1S/C24H40N4O3.HI/c1-6-25-23(27-18-24(12-7-8-13-24)22(29)28(3)4)26-17-20-11-10-19(2)16-21(20)31-15-9-14-30-5;/h10-11,16H,6-9,12-15,17-18H2,1-5H3,(H2,25,26,27);1H. The maximum absolute atomic E-state index is 12.8. The molecule has 0 spiro atoms. The molecule has 0 aliphatic heterocycles. The molecule has 0 saturated heterocycles. The SMILES string of the molecule is CCNC(=NCc1ccc(C)cc1OCCCOC)NCC1(C(=O)N(C)C)CCCC1.I. The first-order valence-corrected chi connectivity index (χ1v) is 11.4. The maximum atomic E-state index is 12.8. The molecule has 0 bridgehead atoms. The number of halogens is 1. The highest BCUT2D eigenvalue weighted by Gasteiger charge is 2.42. The van der Waals surface area contributed by atoms with Crippen molar-refractivity contribution in [3.8, 4) is 5.75 Å². The molecule has 1 aromatic carbocycles. The van der Waals surface area contributed by atoms with Crippen molar-refractivity contribution in [2.45, 2.75) is 52.5 Å². The summed E-state index contributed by atoms with van der Waals surface area (Å²) in [6, 6.07) is 6.21. The first-order chi connectivity index (χ1) is 14.9. The van der Waals surface area contributed by atoms with Crippen LogP contribution in [0.25, 0.3) is 0 Å². The number of nitrogens with one attached hydrogen (secondary N) is 2. The monoisotopic (exact) mass is 560 g/mol. The zero-order valence-corrected chi connectivity index (χ0v) is 22.7. The minimum absolute atomic E-state index is 0. The third kappa shape index (κ3) is 8.42. The maximum Gasteiger partial charge on any atom is 0.230 e. The third-order valence-electron chi connectivity index (χ3n) is 5.74. The van der Waals surface area contributed by atoms with Crippen molar-refractivity contribution >= 4 is 35.8 Å². The van der Waals surface area contributed by atoms with Crippen LogP contribution in [0.3, 0.4) is 0 Å². The lowest BCUT2D eigenvalue weighted by atomic mass is 9.84. The molecular formula is C24H41IN4O3. The van der Waals surface area contributed by atoms with Gasteiger partial charge in [-0.3, -0.25) is 4.79 Å². The summed E-state index contributed by atoms with van der Waals surface area (Å²) in [7, 11) is 5.38. The zero-order chi connectivity index (χ0) is 22.7. The zero-order valence-electron chi connectivity index (χ0n) is 20.3. The Kier molecular flexibility index (Phi) is 13.0. The van der Waals surface area contributed by atoms with Crippen molar-refractivity contribution in [3.63, 3.8) is 0 Å². The van der Waals surface area contributed by atoms with Gasteiger partial charge in [-0.25, -0.2) is 4.99 Å². The molecule has 32 heavy (non-hydrogen) atoms. The van der Waals surface area contributed by atoms with E-state index in [1.165, 1.54) is 0 Å². The Balaban J connectivity index is 0.00000512. The highest BCUT2D eigenvalue weighted by Crippen LogP contribution is 2.38. The van der Waals surface area contributed by atoms with E-state index in [0.29, 0.717) is 26.3 Å². The molecule has 0 atom stereocenters. The largest absolute Gasteiger partial charge is 0.493 e. The van der Waals surface area contributed by atoms with Crippen LogP contribution in [-0.2, 0) is 16.1 Å². The molecule has 1 amide bonds. The van der Waals surface area contributed by atoms with Crippen LogP contribution in [0.1, 0.15) is 50.2 Å². The van der Waals surface area contributed by atoms with Gasteiger partial charge in [0.05, 0.1) is 18.6 Å². The summed E-state index contributed by atoms with van der Waals surface area (Å²) >= 11 is 0. The minimum atomic E-state index is -0.334. The molecule has 1 aliphatic rings. The van der Waals surface area contributed by atoms with Gasteiger partial charge in [-0.1, -0.05) is 25.0 Å². The van der Waals surface area contributed by atoms with E-state index in [-0.39, 0.29) is 35.3 Å². The van der Waals surface area contributed by atoms with Gasteiger partial charge in [-0.2, -0.15) is 0 Å². The topological polar surface area (TPSA) is 75.2 Å². The highest BCUT2D eigenvalue weighted by molar-refractivity contribution is 14.0. The smallest absolute Gasteiger partial charge is 0.230 e. The van der Waals surface area contributed by atoms with Crippen molar-refractivity contribution in [3.05, 3.63) is 29.3 Å². The number of aryl methyl sites for hydroxylation is 1. The van der Waals surface area contributed by atoms with E-state index in [2.05, 4.69) is 35.8 Å². The minimum Gasteiger partial charge on any atom is -0.493 e. The molecule has 8 heteroatoms. The van der Waals surface area contributed by atoms with Crippen molar-refractivity contribution in [1.29, 1.82) is 0 Å². The van der Waals surface area contributed by atoms with Gasteiger partial charge in [0.2, 0.25) is 5.91 Å². The van der Waals surface area contributed by atoms with Crippen LogP contribution in [0, 0.1) is 12.3 Å². The third-order valence-corrected chi connectivity index (χ3v) is 5.74. The molecule has 2 rings (SSSR count). The van der Waals surface area contributed by atoms with Gasteiger partial charge < -0.3 is 25.0 Å². The molecule has 0 radical (unpaired) electrons. The summed E-state index contributed by atoms with van der Waals surface area (Å²) in [5, 5.41) is 6.74. The first kappa shape index (κ1) is 28.5. The number of rotatable bonds is 11. The number of carbonyl (C=O) groups is 1. The van der Waals surface area contributed by atoms with Crippen LogP contribution in [0.15, 0.2) is 23.2 Å². The molecule has 1 fully saturated rings. The molecular weight excluding hydrogens is 519 g/mol. The Bertz CT molecular complexity index is 734. The van der Waals surface area contributed by atoms with E-state index in [0.717, 1.165) is 61.5 Å². The van der Waals surface area contributed by atoms with Crippen molar-refractivity contribution in [1.82, 2.24) is 15.5 Å². The number of benzene rings is 1. The van der Waals surface area contributed by atoms with E-state index >= 15 is 0 Å². The Hall–Kier alpha value is -1.55. The van der Waals surface area contributed by atoms with Crippen LogP contribution in [0.5, 0.6) is 5.75 Å². The predicted molar refractivity (Wildman–Crippen MR) is 141 cm³/mol. The van der Waals surface area contributed by atoms with Gasteiger partial charge in [0.1, 0.15) is 5.75 Å². The number of nitrogens with zero attached hydrogens (tertiary/aromatic N) is 2. The summed E-state index contributed by atoms with van der Waals surface area (Å²) in [6.45, 7) is 7.26. The molecule has 0 unspecified atom stereocenters. The lowest BCUT2D eigenvalue weighted by Gasteiger charge is -2.31. The van der Waals surface area contributed by atoms with Crippen molar-refractivity contribution in [2.75, 3.05) is 47.5 Å². The van der Waals surface area contributed by atoms with Gasteiger partial charge in [0, 0.05) is 52.9 Å². The van der Waals surface area contributed by atoms with Crippen molar-refractivity contribution in [2.24, 2.45) is 10.4 Å². The van der Waals surface area contributed by atoms with E-state index < -0.39 is 0 Å². The first-order valence-electron chi connectivity index (χ1n) is 11.4. The van der Waals surface area contributed by atoms with Crippen LogP contribution in [0.4, 0.5) is 0 Å². The molecule has 2 N–H and O–H groups in total. The molecule has 0 heterocycles. The van der Waals surface area contributed by atoms with E-state index in [4.69, 9.17) is 14.5 Å². The average molecular weight is 561 g/mol. The predicted octanol–water partition coefficient (Wildman–Crippen LogP) is 3.73. The molecule has 1 aromatic rings. The fourth-order valence-corrected chi connectivity index (χ4v) is 4.06. The van der Waals surface area contributed by atoms with Crippen LogP contribution >= 0.6 is 24.0 Å². The average Bonchev–Trinajstić information content (AvgIpc) is 3.23. The molecule has 1 saturated carbocycles. The van der Waals surface area contributed by atoms with Gasteiger partial charge in [-0.15, -0.1) is 24.0 Å². The number of ether oxygens (including phenoxy) is 2. The molecule has 182 valence electrons. The van der Waals surface area contributed by atoms with Crippen LogP contribution in [-0.4, -0.2) is 64.3 Å². The number of carbonyl (C=O) groups excluding carboxylic acids is 1. The summed E-state index contributed by atoms with van der Waals surface area (Å²) in [4.78, 5) is 19.3. The van der Waals surface area contributed by atoms with Gasteiger partial charge >= 0.3 is 0 Å². The normalized spacial score (nSPS) is 15.1. The summed E-state index contributed by atoms with van der Waals surface area (Å²) in [5.74, 6) is 1.80. The van der Waals surface area contributed by atoms with Gasteiger partial charge in [0.25, 0.3) is 0 Å².